The maximum atomic E-state index is 6.22. The first-order valence-electron chi connectivity index (χ1n) is 7.39. The molecule has 112 valence electrons. The molecule has 0 heterocycles. The van der Waals surface area contributed by atoms with Crippen LogP contribution in [0.15, 0.2) is 48.5 Å². The van der Waals surface area contributed by atoms with Crippen molar-refractivity contribution < 1.29 is 0 Å². The third kappa shape index (κ3) is 4.23. The Kier molecular flexibility index (Phi) is 5.66. The molecule has 1 unspecified atom stereocenters. The highest BCUT2D eigenvalue weighted by molar-refractivity contribution is 6.31. The normalized spacial score (nSPS) is 12.2. The van der Waals surface area contributed by atoms with Crippen molar-refractivity contribution in [3.8, 4) is 0 Å². The molecule has 0 spiro atoms. The number of rotatable bonds is 6. The molecule has 0 aromatic heterocycles. The van der Waals surface area contributed by atoms with Crippen LogP contribution < -0.4 is 10.2 Å². The van der Waals surface area contributed by atoms with Crippen LogP contribution >= 0.6 is 11.6 Å². The first-order valence-corrected chi connectivity index (χ1v) is 7.77. The van der Waals surface area contributed by atoms with Gasteiger partial charge in [0.2, 0.25) is 0 Å². The van der Waals surface area contributed by atoms with Gasteiger partial charge in [-0.1, -0.05) is 48.9 Å². The van der Waals surface area contributed by atoms with Crippen molar-refractivity contribution in [3.63, 3.8) is 0 Å². The van der Waals surface area contributed by atoms with E-state index in [9.17, 15) is 0 Å². The monoisotopic (exact) mass is 302 g/mol. The Balaban J connectivity index is 2.06. The van der Waals surface area contributed by atoms with Crippen LogP contribution in [0.3, 0.4) is 0 Å². The van der Waals surface area contributed by atoms with E-state index in [4.69, 9.17) is 11.6 Å². The molecule has 0 amide bonds. The lowest BCUT2D eigenvalue weighted by molar-refractivity contribution is 0.598. The Morgan fingerprint density at radius 2 is 1.76 bits per heavy atom. The van der Waals surface area contributed by atoms with Crippen molar-refractivity contribution in [1.82, 2.24) is 5.32 Å². The molecule has 0 radical (unpaired) electrons. The molecule has 1 N–H and O–H groups in total. The van der Waals surface area contributed by atoms with Crippen molar-refractivity contribution in [2.24, 2.45) is 0 Å². The molecule has 0 bridgehead atoms. The second-order valence-electron chi connectivity index (χ2n) is 5.32. The van der Waals surface area contributed by atoms with E-state index in [-0.39, 0.29) is 0 Å². The molecule has 0 saturated heterocycles. The van der Waals surface area contributed by atoms with E-state index in [1.165, 1.54) is 11.3 Å². The van der Waals surface area contributed by atoms with Crippen molar-refractivity contribution in [3.05, 3.63) is 64.7 Å². The van der Waals surface area contributed by atoms with Gasteiger partial charge < -0.3 is 10.2 Å². The maximum Gasteiger partial charge on any atom is 0.0455 e. The van der Waals surface area contributed by atoms with Crippen LogP contribution in [0.1, 0.15) is 31.0 Å². The molecule has 1 atom stereocenters. The lowest BCUT2D eigenvalue weighted by atomic mass is 10.1. The summed E-state index contributed by atoms with van der Waals surface area (Å²) in [5.41, 5.74) is 3.65. The molecule has 2 aromatic carbocycles. The predicted molar refractivity (Wildman–Crippen MR) is 92.1 cm³/mol. The van der Waals surface area contributed by atoms with E-state index in [1.807, 2.05) is 18.2 Å². The topological polar surface area (TPSA) is 15.3 Å². The van der Waals surface area contributed by atoms with E-state index >= 15 is 0 Å². The minimum absolute atomic E-state index is 0.387. The average Bonchev–Trinajstić information content (AvgIpc) is 2.50. The molecule has 3 heteroatoms. The number of hydrogen-bond acceptors (Lipinski definition) is 2. The Bertz CT molecular complexity index is 566. The Morgan fingerprint density at radius 1 is 1.10 bits per heavy atom. The van der Waals surface area contributed by atoms with Gasteiger partial charge in [-0.15, -0.1) is 0 Å². The number of nitrogens with zero attached hydrogens (tertiary/aromatic N) is 1. The second kappa shape index (κ2) is 7.48. The van der Waals surface area contributed by atoms with E-state index < -0.39 is 0 Å². The standard InChI is InChI=1S/C18H23ClN2/c1-4-20-14(2)15-9-11-17(12-10-15)21(3)13-16-7-5-6-8-18(16)19/h5-12,14,20H,4,13H2,1-3H3. The Morgan fingerprint density at radius 3 is 2.38 bits per heavy atom. The van der Waals surface area contributed by atoms with Gasteiger partial charge in [0.15, 0.2) is 0 Å². The molecule has 2 aromatic rings. The van der Waals surface area contributed by atoms with Crippen LogP contribution in [-0.4, -0.2) is 13.6 Å². The number of nitrogens with one attached hydrogen (secondary N) is 1. The first kappa shape index (κ1) is 15.9. The quantitative estimate of drug-likeness (QED) is 0.836. The van der Waals surface area contributed by atoms with Crippen LogP contribution in [0.5, 0.6) is 0 Å². The first-order chi connectivity index (χ1) is 10.1. The Hall–Kier alpha value is -1.51. The fourth-order valence-corrected chi connectivity index (χ4v) is 2.61. The van der Waals surface area contributed by atoms with E-state index in [1.54, 1.807) is 0 Å². The zero-order valence-corrected chi connectivity index (χ0v) is 13.7. The van der Waals surface area contributed by atoms with Crippen molar-refractivity contribution in [1.29, 1.82) is 0 Å². The van der Waals surface area contributed by atoms with Gasteiger partial charge in [-0.2, -0.15) is 0 Å². The van der Waals surface area contributed by atoms with E-state index in [2.05, 4.69) is 61.4 Å². The number of benzene rings is 2. The fraction of sp³-hybridized carbons (Fsp3) is 0.333. The lowest BCUT2D eigenvalue weighted by Crippen LogP contribution is -2.19. The molecule has 2 nitrogen and oxygen atoms in total. The van der Waals surface area contributed by atoms with Gasteiger partial charge in [0.25, 0.3) is 0 Å². The maximum absolute atomic E-state index is 6.22. The van der Waals surface area contributed by atoms with Gasteiger partial charge in [0.05, 0.1) is 0 Å². The van der Waals surface area contributed by atoms with Crippen molar-refractivity contribution in [2.75, 3.05) is 18.5 Å². The van der Waals surface area contributed by atoms with Crippen LogP contribution in [-0.2, 0) is 6.54 Å². The summed E-state index contributed by atoms with van der Waals surface area (Å²) in [6.07, 6.45) is 0. The smallest absolute Gasteiger partial charge is 0.0455 e. The molecule has 0 aliphatic carbocycles. The van der Waals surface area contributed by atoms with Gasteiger partial charge in [-0.05, 0) is 42.8 Å². The van der Waals surface area contributed by atoms with Gasteiger partial charge in [0, 0.05) is 30.3 Å². The summed E-state index contributed by atoms with van der Waals surface area (Å²) in [5, 5.41) is 4.25. The second-order valence-corrected chi connectivity index (χ2v) is 5.73. The summed E-state index contributed by atoms with van der Waals surface area (Å²) in [7, 11) is 2.09. The molecular formula is C18H23ClN2. The van der Waals surface area contributed by atoms with E-state index in [0.717, 1.165) is 23.7 Å². The number of anilines is 1. The highest BCUT2D eigenvalue weighted by Crippen LogP contribution is 2.22. The molecular weight excluding hydrogens is 280 g/mol. The minimum Gasteiger partial charge on any atom is -0.370 e. The number of hydrogen-bond donors (Lipinski definition) is 1. The highest BCUT2D eigenvalue weighted by atomic mass is 35.5. The SMILES string of the molecule is CCNC(C)c1ccc(N(C)Cc2ccccc2Cl)cc1. The van der Waals surface area contributed by atoms with Crippen molar-refractivity contribution >= 4 is 17.3 Å². The molecule has 0 saturated carbocycles. The van der Waals surface area contributed by atoms with Gasteiger partial charge >= 0.3 is 0 Å². The van der Waals surface area contributed by atoms with Gasteiger partial charge in [-0.3, -0.25) is 0 Å². The summed E-state index contributed by atoms with van der Waals surface area (Å²) in [6.45, 7) is 6.10. The third-order valence-electron chi connectivity index (χ3n) is 3.71. The van der Waals surface area contributed by atoms with Crippen molar-refractivity contribution in [2.45, 2.75) is 26.4 Å². The minimum atomic E-state index is 0.387. The third-order valence-corrected chi connectivity index (χ3v) is 4.08. The predicted octanol–water partition coefficient (Wildman–Crippen LogP) is 4.65. The largest absolute Gasteiger partial charge is 0.370 e. The van der Waals surface area contributed by atoms with Crippen LogP contribution in [0.25, 0.3) is 0 Å². The van der Waals surface area contributed by atoms with Gasteiger partial charge in [-0.25, -0.2) is 0 Å². The zero-order valence-electron chi connectivity index (χ0n) is 12.9. The molecule has 0 aliphatic rings. The van der Waals surface area contributed by atoms with Crippen LogP contribution in [0.4, 0.5) is 5.69 Å². The van der Waals surface area contributed by atoms with Crippen LogP contribution in [0, 0.1) is 0 Å². The Labute approximate surface area is 132 Å². The summed E-state index contributed by atoms with van der Waals surface area (Å²) >= 11 is 6.22. The molecule has 0 aliphatic heterocycles. The average molecular weight is 303 g/mol. The molecule has 0 fully saturated rings. The summed E-state index contributed by atoms with van der Waals surface area (Å²) in [6, 6.07) is 17.1. The molecule has 21 heavy (non-hydrogen) atoms. The number of halogens is 1. The van der Waals surface area contributed by atoms with Gasteiger partial charge in [0.1, 0.15) is 0 Å². The fourth-order valence-electron chi connectivity index (χ4n) is 2.41. The molecule has 2 rings (SSSR count). The summed E-state index contributed by atoms with van der Waals surface area (Å²) in [5.74, 6) is 0. The van der Waals surface area contributed by atoms with E-state index in [0.29, 0.717) is 6.04 Å². The lowest BCUT2D eigenvalue weighted by Gasteiger charge is -2.21. The zero-order chi connectivity index (χ0) is 15.2. The summed E-state index contributed by atoms with van der Waals surface area (Å²) < 4.78 is 0. The summed E-state index contributed by atoms with van der Waals surface area (Å²) in [4.78, 5) is 2.21. The van der Waals surface area contributed by atoms with Crippen LogP contribution in [0.2, 0.25) is 5.02 Å². The highest BCUT2D eigenvalue weighted by Gasteiger charge is 2.07.